The van der Waals surface area contributed by atoms with Crippen molar-refractivity contribution in [2.75, 3.05) is 19.6 Å². The van der Waals surface area contributed by atoms with Crippen LogP contribution in [-0.2, 0) is 30.5 Å². The molecule has 0 aliphatic heterocycles. The van der Waals surface area contributed by atoms with E-state index in [1.807, 2.05) is 51.1 Å². The van der Waals surface area contributed by atoms with Gasteiger partial charge >= 0.3 is 5.97 Å². The zero-order valence-electron chi connectivity index (χ0n) is 23.2. The molecule has 0 aliphatic rings. The molecule has 0 radical (unpaired) electrons. The molecule has 0 spiro atoms. The minimum atomic E-state index is -0.593. The summed E-state index contributed by atoms with van der Waals surface area (Å²) in [5.41, 5.74) is 6.47. The van der Waals surface area contributed by atoms with Gasteiger partial charge in [-0.2, -0.15) is 0 Å². The third-order valence-electron chi connectivity index (χ3n) is 5.82. The quantitative estimate of drug-likeness (QED) is 0.127. The molecule has 38 heavy (non-hydrogen) atoms. The highest BCUT2D eigenvalue weighted by Gasteiger charge is 2.25. The molecule has 3 amide bonds. The Morgan fingerprint density at radius 2 is 1.55 bits per heavy atom. The SMILES string of the molecule is CCNC(=O)C(CCCCN)NC(=O)C(CCCCNC(=O)CCC(=O)OCc1ccccc1)NC(C)C. The van der Waals surface area contributed by atoms with Crippen molar-refractivity contribution in [2.24, 2.45) is 5.73 Å². The maximum absolute atomic E-state index is 13.0. The lowest BCUT2D eigenvalue weighted by Crippen LogP contribution is -2.53. The summed E-state index contributed by atoms with van der Waals surface area (Å²) < 4.78 is 5.19. The van der Waals surface area contributed by atoms with E-state index >= 15 is 0 Å². The highest BCUT2D eigenvalue weighted by atomic mass is 16.5. The van der Waals surface area contributed by atoms with Gasteiger partial charge in [0.2, 0.25) is 17.7 Å². The number of carbonyl (C=O) groups excluding carboxylic acids is 4. The summed E-state index contributed by atoms with van der Waals surface area (Å²) in [6, 6.07) is 8.43. The van der Waals surface area contributed by atoms with Gasteiger partial charge in [-0.15, -0.1) is 0 Å². The standard InChI is InChI=1S/C28H47N5O5/c1-4-30-27(36)23(14-8-10-18-29)33-28(37)24(32-21(2)3)15-9-11-19-31-25(34)16-17-26(35)38-20-22-12-6-5-7-13-22/h5-7,12-13,21,23-24,32H,4,8-11,14-20,29H2,1-3H3,(H,30,36)(H,31,34)(H,33,37). The number of nitrogens with one attached hydrogen (secondary N) is 4. The van der Waals surface area contributed by atoms with Gasteiger partial charge in [0.05, 0.1) is 12.5 Å². The third kappa shape index (κ3) is 15.3. The third-order valence-corrected chi connectivity index (χ3v) is 5.82. The zero-order valence-corrected chi connectivity index (χ0v) is 23.2. The van der Waals surface area contributed by atoms with E-state index in [4.69, 9.17) is 10.5 Å². The summed E-state index contributed by atoms with van der Waals surface area (Å²) in [4.78, 5) is 49.4. The smallest absolute Gasteiger partial charge is 0.306 e. The molecule has 0 aliphatic carbocycles. The number of esters is 1. The number of benzene rings is 1. The predicted molar refractivity (Wildman–Crippen MR) is 148 cm³/mol. The second kappa shape index (κ2) is 20.0. The first-order valence-corrected chi connectivity index (χ1v) is 13.8. The number of rotatable bonds is 20. The highest BCUT2D eigenvalue weighted by Crippen LogP contribution is 2.07. The van der Waals surface area contributed by atoms with E-state index in [1.165, 1.54) is 0 Å². The van der Waals surface area contributed by atoms with Crippen LogP contribution in [0.4, 0.5) is 0 Å². The second-order valence-electron chi connectivity index (χ2n) is 9.61. The van der Waals surface area contributed by atoms with Crippen molar-refractivity contribution in [3.8, 4) is 0 Å². The molecular weight excluding hydrogens is 486 g/mol. The Kier molecular flexibility index (Phi) is 17.4. The fourth-order valence-electron chi connectivity index (χ4n) is 3.84. The van der Waals surface area contributed by atoms with E-state index in [9.17, 15) is 19.2 Å². The summed E-state index contributed by atoms with van der Waals surface area (Å²) in [7, 11) is 0. The van der Waals surface area contributed by atoms with E-state index in [-0.39, 0.29) is 43.2 Å². The molecule has 2 unspecified atom stereocenters. The predicted octanol–water partition coefficient (Wildman–Crippen LogP) is 1.91. The molecule has 0 bridgehead atoms. The maximum atomic E-state index is 13.0. The molecule has 1 rings (SSSR count). The van der Waals surface area contributed by atoms with Crippen LogP contribution in [0.1, 0.15) is 77.7 Å². The van der Waals surface area contributed by atoms with E-state index in [0.29, 0.717) is 45.3 Å². The largest absolute Gasteiger partial charge is 0.461 e. The van der Waals surface area contributed by atoms with Crippen molar-refractivity contribution >= 4 is 23.7 Å². The molecule has 1 aromatic carbocycles. The Morgan fingerprint density at radius 1 is 0.868 bits per heavy atom. The summed E-state index contributed by atoms with van der Waals surface area (Å²) in [5, 5.41) is 11.8. The topological polar surface area (TPSA) is 152 Å². The average Bonchev–Trinajstić information content (AvgIpc) is 2.89. The van der Waals surface area contributed by atoms with Crippen LogP contribution in [0.25, 0.3) is 0 Å². The van der Waals surface area contributed by atoms with E-state index in [0.717, 1.165) is 18.4 Å². The molecular formula is C28H47N5O5. The minimum absolute atomic E-state index is 0.0251. The van der Waals surface area contributed by atoms with Crippen molar-refractivity contribution in [2.45, 2.75) is 96.9 Å². The summed E-state index contributed by atoms with van der Waals surface area (Å²) in [5.74, 6) is -1.02. The van der Waals surface area contributed by atoms with Crippen LogP contribution in [0.3, 0.4) is 0 Å². The van der Waals surface area contributed by atoms with E-state index in [1.54, 1.807) is 0 Å². The lowest BCUT2D eigenvalue weighted by molar-refractivity contribution is -0.146. The number of hydrogen-bond acceptors (Lipinski definition) is 7. The second-order valence-corrected chi connectivity index (χ2v) is 9.61. The van der Waals surface area contributed by atoms with Crippen molar-refractivity contribution in [3.63, 3.8) is 0 Å². The molecule has 2 atom stereocenters. The monoisotopic (exact) mass is 533 g/mol. The molecule has 10 heteroatoms. The molecule has 1 aromatic rings. The molecule has 0 aromatic heterocycles. The van der Waals surface area contributed by atoms with Gasteiger partial charge in [-0.05, 0) is 57.6 Å². The Balaban J connectivity index is 2.38. The number of unbranched alkanes of at least 4 members (excludes halogenated alkanes) is 2. The van der Waals surface area contributed by atoms with Crippen LogP contribution < -0.4 is 27.0 Å². The summed E-state index contributed by atoms with van der Waals surface area (Å²) >= 11 is 0. The van der Waals surface area contributed by atoms with Crippen LogP contribution in [0.15, 0.2) is 30.3 Å². The number of nitrogens with two attached hydrogens (primary N) is 1. The summed E-state index contributed by atoms with van der Waals surface area (Å²) in [6.45, 7) is 7.46. The minimum Gasteiger partial charge on any atom is -0.461 e. The lowest BCUT2D eigenvalue weighted by Gasteiger charge is -2.24. The van der Waals surface area contributed by atoms with E-state index < -0.39 is 18.1 Å². The fourth-order valence-corrected chi connectivity index (χ4v) is 3.84. The van der Waals surface area contributed by atoms with Crippen LogP contribution in [0, 0.1) is 0 Å². The van der Waals surface area contributed by atoms with Gasteiger partial charge in [0.1, 0.15) is 12.6 Å². The van der Waals surface area contributed by atoms with Crippen LogP contribution >= 0.6 is 0 Å². The molecule has 0 saturated heterocycles. The Bertz CT molecular complexity index is 834. The number of amides is 3. The molecule has 0 heterocycles. The van der Waals surface area contributed by atoms with Gasteiger partial charge < -0.3 is 31.7 Å². The molecule has 0 fully saturated rings. The van der Waals surface area contributed by atoms with Crippen molar-refractivity contribution < 1.29 is 23.9 Å². The first-order chi connectivity index (χ1) is 18.3. The Hall–Kier alpha value is -2.98. The normalized spacial score (nSPS) is 12.4. The molecule has 0 saturated carbocycles. The van der Waals surface area contributed by atoms with Gasteiger partial charge in [0, 0.05) is 25.6 Å². The van der Waals surface area contributed by atoms with Gasteiger partial charge in [-0.3, -0.25) is 19.2 Å². The highest BCUT2D eigenvalue weighted by molar-refractivity contribution is 5.89. The first-order valence-electron chi connectivity index (χ1n) is 13.8. The van der Waals surface area contributed by atoms with Gasteiger partial charge in [-0.1, -0.05) is 44.2 Å². The zero-order chi connectivity index (χ0) is 28.2. The number of ether oxygens (including phenoxy) is 1. The average molecular weight is 534 g/mol. The van der Waals surface area contributed by atoms with Crippen molar-refractivity contribution in [3.05, 3.63) is 35.9 Å². The molecule has 6 N–H and O–H groups in total. The number of carbonyl (C=O) groups is 4. The molecule has 10 nitrogen and oxygen atoms in total. The Labute approximate surface area is 227 Å². The lowest BCUT2D eigenvalue weighted by atomic mass is 10.0. The molecule has 214 valence electrons. The van der Waals surface area contributed by atoms with Gasteiger partial charge in [0.15, 0.2) is 0 Å². The first kappa shape index (κ1) is 33.0. The van der Waals surface area contributed by atoms with Gasteiger partial charge in [-0.25, -0.2) is 0 Å². The fraction of sp³-hybridized carbons (Fsp3) is 0.643. The summed E-state index contributed by atoms with van der Waals surface area (Å²) in [6.07, 6.45) is 4.13. The van der Waals surface area contributed by atoms with E-state index in [2.05, 4.69) is 21.3 Å². The van der Waals surface area contributed by atoms with Crippen molar-refractivity contribution in [1.29, 1.82) is 0 Å². The van der Waals surface area contributed by atoms with Crippen molar-refractivity contribution in [1.82, 2.24) is 21.3 Å². The van der Waals surface area contributed by atoms with Crippen LogP contribution in [-0.4, -0.2) is 61.5 Å². The van der Waals surface area contributed by atoms with Gasteiger partial charge in [0.25, 0.3) is 0 Å². The van der Waals surface area contributed by atoms with Crippen LogP contribution in [0.5, 0.6) is 0 Å². The Morgan fingerprint density at radius 3 is 2.21 bits per heavy atom. The number of hydrogen-bond donors (Lipinski definition) is 5. The van der Waals surface area contributed by atoms with Crippen LogP contribution in [0.2, 0.25) is 0 Å². The number of likely N-dealkylation sites (N-methyl/N-ethyl adjacent to an activating group) is 1. The maximum Gasteiger partial charge on any atom is 0.306 e.